The molecule has 0 saturated heterocycles. The number of pyridine rings is 1. The second kappa shape index (κ2) is 18.7. The molecule has 382 valence electrons. The Hall–Kier alpha value is -6.97. The number of nitrogens with zero attached hydrogens (tertiary/aromatic N) is 5. The topological polar surface area (TPSA) is 36.7 Å². The molecule has 0 spiro atoms. The summed E-state index contributed by atoms with van der Waals surface area (Å²) >= 11 is 0. The predicted molar refractivity (Wildman–Crippen MR) is 285 cm³/mol. The number of aromatic nitrogens is 2. The maximum Gasteiger partial charge on any atom is 2.00 e. The molecule has 4 heterocycles. The van der Waals surface area contributed by atoms with Crippen molar-refractivity contribution in [2.24, 2.45) is 4.99 Å². The number of aryl methyl sites for hydroxylation is 3. The third-order valence-electron chi connectivity index (χ3n) is 14.7. The number of amidine groups is 1. The molecular formula is C63H53F6N5Pt. The van der Waals surface area contributed by atoms with Gasteiger partial charge in [0.05, 0.1) is 23.0 Å². The van der Waals surface area contributed by atoms with Gasteiger partial charge >= 0.3 is 33.4 Å². The summed E-state index contributed by atoms with van der Waals surface area (Å²) < 4.78 is 90.1. The second-order valence-electron chi connectivity index (χ2n) is 21.4. The minimum atomic E-state index is -5.06. The van der Waals surface area contributed by atoms with E-state index in [0.717, 1.165) is 95.6 Å². The van der Waals surface area contributed by atoms with Gasteiger partial charge in [0.25, 0.3) is 0 Å². The van der Waals surface area contributed by atoms with Crippen molar-refractivity contribution in [2.75, 3.05) is 16.3 Å². The molecule has 1 atom stereocenters. The first-order valence-corrected chi connectivity index (χ1v) is 24.7. The van der Waals surface area contributed by atoms with Crippen LogP contribution in [0.4, 0.5) is 49.1 Å². The van der Waals surface area contributed by atoms with Crippen LogP contribution in [0.2, 0.25) is 0 Å². The van der Waals surface area contributed by atoms with Gasteiger partial charge in [-0.25, -0.2) is 4.98 Å². The van der Waals surface area contributed by atoms with Crippen LogP contribution in [0.25, 0.3) is 27.6 Å². The molecule has 12 heteroatoms. The monoisotopic (exact) mass is 1190 g/mol. The summed E-state index contributed by atoms with van der Waals surface area (Å²) in [5.74, 6) is 0.540. The number of rotatable bonds is 7. The second-order valence-corrected chi connectivity index (χ2v) is 21.4. The van der Waals surface area contributed by atoms with E-state index in [1.54, 1.807) is 0 Å². The maximum absolute atomic E-state index is 14.7. The zero-order chi connectivity index (χ0) is 52.2. The summed E-state index contributed by atoms with van der Waals surface area (Å²) in [5, 5.41) is 2.07. The van der Waals surface area contributed by atoms with E-state index in [2.05, 4.69) is 119 Å². The third-order valence-corrected chi connectivity index (χ3v) is 14.7. The Labute approximate surface area is 447 Å². The molecule has 11 rings (SSSR count). The molecule has 5 nitrogen and oxygen atoms in total. The molecule has 0 unspecified atom stereocenters. The molecule has 0 amide bonds. The van der Waals surface area contributed by atoms with Crippen LogP contribution in [-0.2, 0) is 44.2 Å². The maximum atomic E-state index is 14.7. The molecule has 7 aromatic carbocycles. The summed E-state index contributed by atoms with van der Waals surface area (Å²) in [7, 11) is 0. The van der Waals surface area contributed by atoms with E-state index in [-0.39, 0.29) is 50.6 Å². The fourth-order valence-electron chi connectivity index (χ4n) is 11.0. The van der Waals surface area contributed by atoms with Crippen LogP contribution >= 0.6 is 0 Å². The normalized spacial score (nSPS) is 15.6. The Morgan fingerprint density at radius 3 is 1.88 bits per heavy atom. The van der Waals surface area contributed by atoms with E-state index in [4.69, 9.17) is 9.98 Å². The molecule has 0 radical (unpaired) electrons. The summed E-state index contributed by atoms with van der Waals surface area (Å²) in [5.41, 5.74) is 8.62. The Morgan fingerprint density at radius 1 is 0.627 bits per heavy atom. The number of hydrogen-bond donors (Lipinski definition) is 0. The van der Waals surface area contributed by atoms with E-state index < -0.39 is 40.9 Å². The van der Waals surface area contributed by atoms with Crippen LogP contribution in [0.1, 0.15) is 102 Å². The van der Waals surface area contributed by atoms with E-state index in [9.17, 15) is 26.3 Å². The first-order chi connectivity index (χ1) is 35.0. The number of hydrogen-bond acceptors (Lipinski definition) is 4. The zero-order valence-electron chi connectivity index (χ0n) is 42.6. The Morgan fingerprint density at radius 2 is 1.25 bits per heavy atom. The van der Waals surface area contributed by atoms with Crippen LogP contribution < -0.4 is 9.80 Å². The van der Waals surface area contributed by atoms with Gasteiger partial charge in [0, 0.05) is 35.6 Å². The Balaban J connectivity index is 0.00000641. The number of benzene rings is 7. The van der Waals surface area contributed by atoms with E-state index in [1.807, 2.05) is 92.0 Å². The SMILES string of the molecule is Cc1cc(C2=N[C@H](C(c3ccccc3)c3ccccc3)CN2c2cc(C(F)(F)F)cc(C(F)(F)F)c2)[c-]c(N2c3[c-]c4c(cc3C(C)(C)c3cc(C)ccc32)c2cc(C)ccc2n4-c2cc(C(C)(C)C)ccn2)c1.[Pt+2]. The fraction of sp³-hybridized carbons (Fsp3) is 0.238. The van der Waals surface area contributed by atoms with Gasteiger partial charge in [-0.05, 0) is 100 Å². The molecule has 75 heavy (non-hydrogen) atoms. The largest absolute Gasteiger partial charge is 2.00 e. The number of anilines is 4. The van der Waals surface area contributed by atoms with Crippen molar-refractivity contribution in [1.29, 1.82) is 0 Å². The third kappa shape index (κ3) is 9.25. The first-order valence-electron chi connectivity index (χ1n) is 24.7. The van der Waals surface area contributed by atoms with Crippen LogP contribution in [0, 0.1) is 32.9 Å². The Bertz CT molecular complexity index is 3630. The van der Waals surface area contributed by atoms with Gasteiger partial charge < -0.3 is 19.4 Å². The minimum absolute atomic E-state index is 0. The van der Waals surface area contributed by atoms with Crippen molar-refractivity contribution in [1.82, 2.24) is 9.55 Å². The number of aliphatic imine (C=N–C) groups is 1. The molecular weight excluding hydrogens is 1140 g/mol. The van der Waals surface area contributed by atoms with E-state index in [0.29, 0.717) is 11.3 Å². The average molecular weight is 1190 g/mol. The van der Waals surface area contributed by atoms with Crippen LogP contribution in [0.3, 0.4) is 0 Å². The van der Waals surface area contributed by atoms with Crippen molar-refractivity contribution < 1.29 is 47.4 Å². The number of fused-ring (bicyclic) bond motifs is 5. The summed E-state index contributed by atoms with van der Waals surface area (Å²) in [6.07, 6.45) is -8.28. The number of halogens is 6. The summed E-state index contributed by atoms with van der Waals surface area (Å²) in [6, 6.07) is 51.2. The van der Waals surface area contributed by atoms with Crippen LogP contribution in [0.5, 0.6) is 0 Å². The van der Waals surface area contributed by atoms with Crippen molar-refractivity contribution in [3.8, 4) is 5.82 Å². The van der Waals surface area contributed by atoms with Gasteiger partial charge in [0.15, 0.2) is 0 Å². The van der Waals surface area contributed by atoms with E-state index >= 15 is 0 Å². The molecule has 2 aromatic heterocycles. The van der Waals surface area contributed by atoms with Gasteiger partial charge in [-0.2, -0.15) is 32.4 Å². The van der Waals surface area contributed by atoms with Crippen molar-refractivity contribution in [3.05, 3.63) is 225 Å². The quantitative estimate of drug-likeness (QED) is 0.118. The van der Waals surface area contributed by atoms with Gasteiger partial charge in [-0.1, -0.05) is 149 Å². The molecule has 0 aliphatic carbocycles. The first kappa shape index (κ1) is 51.5. The van der Waals surface area contributed by atoms with Gasteiger partial charge in [-0.15, -0.1) is 46.3 Å². The van der Waals surface area contributed by atoms with Gasteiger partial charge in [0.1, 0.15) is 5.82 Å². The smallest absolute Gasteiger partial charge is 0.364 e. The molecule has 2 aliphatic rings. The summed E-state index contributed by atoms with van der Waals surface area (Å²) in [4.78, 5) is 14.0. The molecule has 9 aromatic rings. The molecule has 0 bridgehead atoms. The Kier molecular flexibility index (Phi) is 12.8. The summed E-state index contributed by atoms with van der Waals surface area (Å²) in [6.45, 7) is 17.0. The predicted octanol–water partition coefficient (Wildman–Crippen LogP) is 16.6. The standard InChI is InChI=1S/C63H53F6N5.Pt/c1-37-19-21-53-48(27-37)49-34-51-56(35-55(49)74(53)57-33-43(23-24-70-57)60(4,5)6)73(54-22-20-38(2)28-50(54)61(51,7)8)47-26-39(3)25-42(29-47)59-71-52(58(40-15-11-9-12-16-40)41-17-13-10-14-18-41)36-72(59)46-31-44(62(64,65)66)30-45(32-46)63(67,68)69;/h9-28,30-34,52,58H,36H2,1-8H3;/q-2;+2/t52-;/m0./s1. The minimum Gasteiger partial charge on any atom is -0.364 e. The fourth-order valence-corrected chi connectivity index (χ4v) is 11.0. The van der Waals surface area contributed by atoms with Crippen molar-refractivity contribution in [3.63, 3.8) is 0 Å². The number of alkyl halides is 6. The van der Waals surface area contributed by atoms with Crippen molar-refractivity contribution in [2.45, 2.75) is 90.5 Å². The molecule has 0 N–H and O–H groups in total. The van der Waals surface area contributed by atoms with Crippen molar-refractivity contribution >= 4 is 50.4 Å². The van der Waals surface area contributed by atoms with Gasteiger partial charge in [0.2, 0.25) is 0 Å². The average Bonchev–Trinajstić information content (AvgIpc) is 3.93. The van der Waals surface area contributed by atoms with Crippen LogP contribution in [0.15, 0.2) is 157 Å². The van der Waals surface area contributed by atoms with Gasteiger partial charge in [-0.3, -0.25) is 0 Å². The van der Waals surface area contributed by atoms with Crippen LogP contribution in [-0.4, -0.2) is 28.0 Å². The molecule has 2 aliphatic heterocycles. The van der Waals surface area contributed by atoms with E-state index in [1.165, 1.54) is 4.90 Å². The zero-order valence-corrected chi connectivity index (χ0v) is 44.9. The molecule has 0 fully saturated rings. The molecule has 0 saturated carbocycles.